The first-order chi connectivity index (χ1) is 8.38. The van der Waals surface area contributed by atoms with Gasteiger partial charge in [-0.25, -0.2) is 0 Å². The van der Waals surface area contributed by atoms with Crippen LogP contribution >= 0.6 is 12.4 Å². The van der Waals surface area contributed by atoms with E-state index in [-0.39, 0.29) is 12.4 Å². The van der Waals surface area contributed by atoms with E-state index in [1.165, 1.54) is 31.6 Å². The number of ether oxygens (including phenoxy) is 1. The minimum absolute atomic E-state index is 0. The highest BCUT2D eigenvalue weighted by atomic mass is 35.5. The molecule has 0 aromatic heterocycles. The molecule has 18 heavy (non-hydrogen) atoms. The summed E-state index contributed by atoms with van der Waals surface area (Å²) in [6.07, 6.45) is 2.40. The van der Waals surface area contributed by atoms with Crippen molar-refractivity contribution in [2.24, 2.45) is 0 Å². The van der Waals surface area contributed by atoms with E-state index in [4.69, 9.17) is 4.74 Å². The first kappa shape index (κ1) is 15.3. The molecule has 0 atom stereocenters. The van der Waals surface area contributed by atoms with Gasteiger partial charge in [-0.15, -0.1) is 12.4 Å². The van der Waals surface area contributed by atoms with E-state index in [1.54, 1.807) is 7.11 Å². The Kier molecular flexibility index (Phi) is 7.09. The zero-order valence-corrected chi connectivity index (χ0v) is 11.8. The molecule has 1 aromatic rings. The molecular formula is C14H23ClN2O. The Morgan fingerprint density at radius 3 is 2.67 bits per heavy atom. The van der Waals surface area contributed by atoms with E-state index in [9.17, 15) is 0 Å². The lowest BCUT2D eigenvalue weighted by molar-refractivity contribution is 0.296. The van der Waals surface area contributed by atoms with Crippen molar-refractivity contribution in [2.45, 2.75) is 12.8 Å². The van der Waals surface area contributed by atoms with Gasteiger partial charge in [0, 0.05) is 19.6 Å². The first-order valence-electron chi connectivity index (χ1n) is 6.44. The number of hydrogen-bond acceptors (Lipinski definition) is 3. The molecule has 1 fully saturated rings. The Labute approximate surface area is 116 Å². The number of benzene rings is 1. The minimum atomic E-state index is 0. The quantitative estimate of drug-likeness (QED) is 0.905. The van der Waals surface area contributed by atoms with Crippen molar-refractivity contribution in [1.29, 1.82) is 0 Å². The maximum atomic E-state index is 5.16. The number of hydrogen-bond donors (Lipinski definition) is 1. The molecule has 0 bridgehead atoms. The van der Waals surface area contributed by atoms with Crippen molar-refractivity contribution in [3.05, 3.63) is 29.8 Å². The molecule has 0 saturated carbocycles. The number of rotatable bonds is 4. The van der Waals surface area contributed by atoms with Crippen LogP contribution in [0.5, 0.6) is 5.75 Å². The van der Waals surface area contributed by atoms with Gasteiger partial charge in [-0.05, 0) is 43.6 Å². The van der Waals surface area contributed by atoms with Gasteiger partial charge in [0.25, 0.3) is 0 Å². The molecule has 102 valence electrons. The van der Waals surface area contributed by atoms with Crippen molar-refractivity contribution < 1.29 is 4.74 Å². The van der Waals surface area contributed by atoms with Crippen LogP contribution in [-0.4, -0.2) is 44.7 Å². The molecule has 0 amide bonds. The number of halogens is 1. The van der Waals surface area contributed by atoms with Crippen molar-refractivity contribution in [3.63, 3.8) is 0 Å². The second-order valence-electron chi connectivity index (χ2n) is 4.54. The van der Waals surface area contributed by atoms with Gasteiger partial charge in [0.2, 0.25) is 0 Å². The second kappa shape index (κ2) is 8.35. The van der Waals surface area contributed by atoms with Gasteiger partial charge in [0.15, 0.2) is 0 Å². The summed E-state index contributed by atoms with van der Waals surface area (Å²) in [5.41, 5.74) is 1.39. The van der Waals surface area contributed by atoms with Crippen molar-refractivity contribution in [3.8, 4) is 5.75 Å². The van der Waals surface area contributed by atoms with Gasteiger partial charge in [-0.2, -0.15) is 0 Å². The summed E-state index contributed by atoms with van der Waals surface area (Å²) >= 11 is 0. The summed E-state index contributed by atoms with van der Waals surface area (Å²) < 4.78 is 5.16. The standard InChI is InChI=1S/C14H22N2O.ClH/c1-17-14-5-3-13(4-6-14)7-11-16-10-2-8-15-9-12-16;/h3-6,15H,2,7-12H2,1H3;1H. The third kappa shape index (κ3) is 4.84. The smallest absolute Gasteiger partial charge is 0.118 e. The van der Waals surface area contributed by atoms with Crippen LogP contribution in [0.1, 0.15) is 12.0 Å². The van der Waals surface area contributed by atoms with Gasteiger partial charge in [-0.1, -0.05) is 12.1 Å². The number of methoxy groups -OCH3 is 1. The first-order valence-corrected chi connectivity index (χ1v) is 6.44. The molecule has 0 aliphatic carbocycles. The van der Waals surface area contributed by atoms with E-state index >= 15 is 0 Å². The topological polar surface area (TPSA) is 24.5 Å². The largest absolute Gasteiger partial charge is 0.497 e. The molecule has 1 aliphatic rings. The molecule has 3 nitrogen and oxygen atoms in total. The maximum absolute atomic E-state index is 5.16. The highest BCUT2D eigenvalue weighted by molar-refractivity contribution is 5.85. The lowest BCUT2D eigenvalue weighted by Gasteiger charge is -2.19. The summed E-state index contributed by atoms with van der Waals surface area (Å²) in [7, 11) is 1.71. The summed E-state index contributed by atoms with van der Waals surface area (Å²) in [5, 5.41) is 3.43. The van der Waals surface area contributed by atoms with Crippen LogP contribution in [0.25, 0.3) is 0 Å². The van der Waals surface area contributed by atoms with Gasteiger partial charge < -0.3 is 15.0 Å². The van der Waals surface area contributed by atoms with Crippen molar-refractivity contribution in [2.75, 3.05) is 39.8 Å². The van der Waals surface area contributed by atoms with Crippen LogP contribution in [0.15, 0.2) is 24.3 Å². The Hall–Kier alpha value is -0.770. The SMILES string of the molecule is COc1ccc(CCN2CCCNCC2)cc1.Cl. The molecule has 1 saturated heterocycles. The van der Waals surface area contributed by atoms with E-state index in [0.29, 0.717) is 0 Å². The van der Waals surface area contributed by atoms with E-state index in [2.05, 4.69) is 22.3 Å². The van der Waals surface area contributed by atoms with Crippen LogP contribution in [0.4, 0.5) is 0 Å². The fourth-order valence-corrected chi connectivity index (χ4v) is 2.20. The molecular weight excluding hydrogens is 248 g/mol. The zero-order chi connectivity index (χ0) is 11.9. The molecule has 4 heteroatoms. The molecule has 0 spiro atoms. The Morgan fingerprint density at radius 2 is 1.94 bits per heavy atom. The third-order valence-corrected chi connectivity index (χ3v) is 3.31. The highest BCUT2D eigenvalue weighted by Crippen LogP contribution is 2.12. The lowest BCUT2D eigenvalue weighted by Crippen LogP contribution is -2.30. The number of nitrogens with zero attached hydrogens (tertiary/aromatic N) is 1. The van der Waals surface area contributed by atoms with E-state index in [1.807, 2.05) is 12.1 Å². The average molecular weight is 271 g/mol. The predicted octanol–water partition coefficient (Wildman–Crippen LogP) is 1.95. The fraction of sp³-hybridized carbons (Fsp3) is 0.571. The summed E-state index contributed by atoms with van der Waals surface area (Å²) in [6, 6.07) is 8.41. The van der Waals surface area contributed by atoms with Crippen LogP contribution in [0.2, 0.25) is 0 Å². The third-order valence-electron chi connectivity index (χ3n) is 3.31. The van der Waals surface area contributed by atoms with Crippen LogP contribution in [0.3, 0.4) is 0 Å². The molecule has 1 aliphatic heterocycles. The van der Waals surface area contributed by atoms with Gasteiger partial charge in [0.05, 0.1) is 7.11 Å². The van der Waals surface area contributed by atoms with Gasteiger partial charge in [-0.3, -0.25) is 0 Å². The number of nitrogens with one attached hydrogen (secondary N) is 1. The predicted molar refractivity (Wildman–Crippen MR) is 77.9 cm³/mol. The Balaban J connectivity index is 0.00000162. The molecule has 1 heterocycles. The molecule has 0 unspecified atom stereocenters. The maximum Gasteiger partial charge on any atom is 0.118 e. The lowest BCUT2D eigenvalue weighted by atomic mass is 10.1. The monoisotopic (exact) mass is 270 g/mol. The van der Waals surface area contributed by atoms with Crippen LogP contribution in [-0.2, 0) is 6.42 Å². The van der Waals surface area contributed by atoms with Crippen molar-refractivity contribution in [1.82, 2.24) is 10.2 Å². The van der Waals surface area contributed by atoms with Gasteiger partial charge >= 0.3 is 0 Å². The molecule has 1 aromatic carbocycles. The molecule has 2 rings (SSSR count). The van der Waals surface area contributed by atoms with Crippen LogP contribution < -0.4 is 10.1 Å². The van der Waals surface area contributed by atoms with E-state index in [0.717, 1.165) is 25.3 Å². The molecule has 1 N–H and O–H groups in total. The zero-order valence-electron chi connectivity index (χ0n) is 11.0. The summed E-state index contributed by atoms with van der Waals surface area (Å²) in [5.74, 6) is 0.938. The van der Waals surface area contributed by atoms with Gasteiger partial charge in [0.1, 0.15) is 5.75 Å². The van der Waals surface area contributed by atoms with Crippen LogP contribution in [0, 0.1) is 0 Å². The van der Waals surface area contributed by atoms with Crippen molar-refractivity contribution >= 4 is 12.4 Å². The molecule has 0 radical (unpaired) electrons. The second-order valence-corrected chi connectivity index (χ2v) is 4.54. The minimum Gasteiger partial charge on any atom is -0.497 e. The van der Waals surface area contributed by atoms with E-state index < -0.39 is 0 Å². The fourth-order valence-electron chi connectivity index (χ4n) is 2.20. The Morgan fingerprint density at radius 1 is 1.17 bits per heavy atom. The normalized spacial score (nSPS) is 16.7. The summed E-state index contributed by atoms with van der Waals surface area (Å²) in [6.45, 7) is 5.86. The Bertz CT molecular complexity index is 321. The highest BCUT2D eigenvalue weighted by Gasteiger charge is 2.07. The summed E-state index contributed by atoms with van der Waals surface area (Å²) in [4.78, 5) is 2.55. The average Bonchev–Trinajstić information content (AvgIpc) is 2.65.